The lowest BCUT2D eigenvalue weighted by molar-refractivity contribution is -0.110. The highest BCUT2D eigenvalue weighted by molar-refractivity contribution is 6.01. The first kappa shape index (κ1) is 9.46. The molecule has 0 saturated carbocycles. The average Bonchev–Trinajstić information content (AvgIpc) is 2.25. The minimum atomic E-state index is 0.782. The van der Waals surface area contributed by atoms with Crippen molar-refractivity contribution in [1.29, 1.82) is 0 Å². The van der Waals surface area contributed by atoms with Gasteiger partial charge in [-0.25, -0.2) is 0 Å². The van der Waals surface area contributed by atoms with Gasteiger partial charge in [-0.3, -0.25) is 5.41 Å². The van der Waals surface area contributed by atoms with Crippen LogP contribution in [0.3, 0.4) is 0 Å². The third-order valence-corrected chi connectivity index (χ3v) is 2.21. The molecular weight excluding hydrogens is 184 g/mol. The summed E-state index contributed by atoms with van der Waals surface area (Å²) in [7, 11) is 0. The zero-order valence-corrected chi connectivity index (χ0v) is 8.35. The van der Waals surface area contributed by atoms with Gasteiger partial charge in [0.05, 0.1) is 0 Å². The van der Waals surface area contributed by atoms with E-state index < -0.39 is 0 Å². The molecule has 0 amide bonds. The Morgan fingerprint density at radius 3 is 2.13 bits per heavy atom. The van der Waals surface area contributed by atoms with Crippen LogP contribution in [0.4, 0.5) is 5.69 Å². The Hall–Kier alpha value is -2.09. The molecule has 1 aromatic rings. The molecule has 1 aliphatic carbocycles. The zero-order valence-electron chi connectivity index (χ0n) is 8.35. The van der Waals surface area contributed by atoms with Gasteiger partial charge in [-0.1, -0.05) is 12.1 Å². The number of allylic oxidation sites excluding steroid dienone is 5. The molecule has 1 aliphatic rings. The lowest BCUT2D eigenvalue weighted by atomic mass is 10.1. The second-order valence-electron chi connectivity index (χ2n) is 3.48. The third-order valence-electron chi connectivity index (χ3n) is 2.21. The van der Waals surface area contributed by atoms with Crippen LogP contribution in [0.25, 0.3) is 6.08 Å². The summed E-state index contributed by atoms with van der Waals surface area (Å²) in [5.41, 5.74) is 9.44. The highest BCUT2D eigenvalue weighted by Gasteiger charge is 1.99. The minimum Gasteiger partial charge on any atom is -0.399 e. The van der Waals surface area contributed by atoms with Crippen molar-refractivity contribution in [3.63, 3.8) is 0 Å². The second-order valence-corrected chi connectivity index (χ2v) is 3.48. The van der Waals surface area contributed by atoms with Crippen molar-refractivity contribution >= 4 is 17.5 Å². The Balaban J connectivity index is 2.24. The molecule has 0 aliphatic heterocycles. The molecule has 0 bridgehead atoms. The molecule has 74 valence electrons. The van der Waals surface area contributed by atoms with Gasteiger partial charge in [0, 0.05) is 17.8 Å². The van der Waals surface area contributed by atoms with Gasteiger partial charge in [0.15, 0.2) is 5.71 Å². The fraction of sp³-hybridized carbons (Fsp3) is 0. The molecule has 0 aromatic heterocycles. The fourth-order valence-corrected chi connectivity index (χ4v) is 1.38. The molecule has 1 aromatic carbocycles. The number of hydrogen-bond donors (Lipinski definition) is 2. The monoisotopic (exact) mass is 197 g/mol. The first-order chi connectivity index (χ1) is 7.24. The number of benzene rings is 1. The summed E-state index contributed by atoms with van der Waals surface area (Å²) in [5.74, 6) is 0. The summed E-state index contributed by atoms with van der Waals surface area (Å²) in [5, 5.41) is 5.61. The Morgan fingerprint density at radius 1 is 0.933 bits per heavy atom. The lowest BCUT2D eigenvalue weighted by Crippen LogP contribution is -2.37. The summed E-state index contributed by atoms with van der Waals surface area (Å²) < 4.78 is 0. The summed E-state index contributed by atoms with van der Waals surface area (Å²) in [6.45, 7) is 0. The maximum atomic E-state index is 5.61. The maximum absolute atomic E-state index is 5.61. The van der Waals surface area contributed by atoms with Crippen molar-refractivity contribution in [3.8, 4) is 0 Å². The summed E-state index contributed by atoms with van der Waals surface area (Å²) in [6.07, 6.45) is 9.85. The van der Waals surface area contributed by atoms with E-state index in [1.807, 2.05) is 48.6 Å². The first-order valence-corrected chi connectivity index (χ1v) is 4.80. The van der Waals surface area contributed by atoms with Crippen LogP contribution in [0.15, 0.2) is 54.1 Å². The Bertz CT molecular complexity index is 444. The Kier molecular flexibility index (Phi) is 2.50. The van der Waals surface area contributed by atoms with Crippen LogP contribution in [-0.4, -0.2) is 5.71 Å². The van der Waals surface area contributed by atoms with Crippen molar-refractivity contribution in [2.24, 2.45) is 0 Å². The highest BCUT2D eigenvalue weighted by Crippen LogP contribution is 2.13. The van der Waals surface area contributed by atoms with Crippen molar-refractivity contribution in [1.82, 2.24) is 0 Å². The number of nitrogen functional groups attached to an aromatic ring is 1. The summed E-state index contributed by atoms with van der Waals surface area (Å²) in [6, 6.07) is 7.77. The van der Waals surface area contributed by atoms with E-state index in [4.69, 9.17) is 11.1 Å². The summed E-state index contributed by atoms with van der Waals surface area (Å²) in [4.78, 5) is 0. The van der Waals surface area contributed by atoms with Crippen molar-refractivity contribution in [2.75, 3.05) is 5.73 Å². The van der Waals surface area contributed by atoms with Gasteiger partial charge < -0.3 is 5.73 Å². The molecule has 0 saturated heterocycles. The maximum Gasteiger partial charge on any atom is 0.196 e. The van der Waals surface area contributed by atoms with E-state index in [1.54, 1.807) is 0 Å². The molecule has 0 fully saturated rings. The van der Waals surface area contributed by atoms with Crippen LogP contribution < -0.4 is 11.1 Å². The zero-order chi connectivity index (χ0) is 10.7. The van der Waals surface area contributed by atoms with Crippen LogP contribution in [0.5, 0.6) is 0 Å². The van der Waals surface area contributed by atoms with Gasteiger partial charge in [-0.15, -0.1) is 0 Å². The van der Waals surface area contributed by atoms with Crippen LogP contribution in [0.2, 0.25) is 0 Å². The first-order valence-electron chi connectivity index (χ1n) is 4.80. The molecule has 0 spiro atoms. The number of nitrogens with two attached hydrogens (primary N) is 2. The number of anilines is 1. The Labute approximate surface area is 88.9 Å². The predicted molar refractivity (Wildman–Crippen MR) is 64.0 cm³/mol. The average molecular weight is 197 g/mol. The molecular formula is C13H13N2+. The van der Waals surface area contributed by atoms with E-state index in [-0.39, 0.29) is 0 Å². The minimum absolute atomic E-state index is 0.782. The van der Waals surface area contributed by atoms with Gasteiger partial charge in [-0.2, -0.15) is 0 Å². The van der Waals surface area contributed by atoms with E-state index in [0.717, 1.165) is 22.5 Å². The van der Waals surface area contributed by atoms with E-state index in [9.17, 15) is 0 Å². The van der Waals surface area contributed by atoms with E-state index >= 15 is 0 Å². The van der Waals surface area contributed by atoms with Gasteiger partial charge >= 0.3 is 0 Å². The standard InChI is InChI=1S/C13H12N2/c14-12-5-1-10(2-6-12)9-11-3-7-13(15)8-4-11/h1-9,14H,15H2/p+1. The normalized spacial score (nSPS) is 14.4. The number of hydrogen-bond acceptors (Lipinski definition) is 1. The molecule has 0 atom stereocenters. The van der Waals surface area contributed by atoms with Gasteiger partial charge in [0.1, 0.15) is 0 Å². The van der Waals surface area contributed by atoms with Crippen LogP contribution in [-0.2, 0) is 0 Å². The molecule has 2 rings (SSSR count). The van der Waals surface area contributed by atoms with Gasteiger partial charge in [-0.05, 0) is 41.5 Å². The van der Waals surface area contributed by atoms with Crippen molar-refractivity contribution in [3.05, 3.63) is 59.7 Å². The van der Waals surface area contributed by atoms with E-state index in [0.29, 0.717) is 0 Å². The topological polar surface area (TPSA) is 51.6 Å². The summed E-state index contributed by atoms with van der Waals surface area (Å²) >= 11 is 0. The van der Waals surface area contributed by atoms with E-state index in [2.05, 4.69) is 6.08 Å². The van der Waals surface area contributed by atoms with Crippen molar-refractivity contribution < 1.29 is 5.41 Å². The quantitative estimate of drug-likeness (QED) is 0.648. The van der Waals surface area contributed by atoms with Crippen LogP contribution >= 0.6 is 0 Å². The Morgan fingerprint density at radius 2 is 1.53 bits per heavy atom. The van der Waals surface area contributed by atoms with Crippen LogP contribution in [0, 0.1) is 0 Å². The molecule has 0 radical (unpaired) electrons. The van der Waals surface area contributed by atoms with Crippen molar-refractivity contribution in [2.45, 2.75) is 0 Å². The smallest absolute Gasteiger partial charge is 0.196 e. The molecule has 0 heterocycles. The van der Waals surface area contributed by atoms with Gasteiger partial charge in [0.25, 0.3) is 0 Å². The number of rotatable bonds is 1. The molecule has 15 heavy (non-hydrogen) atoms. The van der Waals surface area contributed by atoms with Crippen LogP contribution in [0.1, 0.15) is 5.56 Å². The SMILES string of the molecule is Nc1ccc(C=C2C=CC(=[NH2+])C=C2)cc1. The third kappa shape index (κ3) is 2.44. The molecule has 2 heteroatoms. The fourth-order valence-electron chi connectivity index (χ4n) is 1.38. The predicted octanol–water partition coefficient (Wildman–Crippen LogP) is 0.978. The molecule has 2 nitrogen and oxygen atoms in total. The second kappa shape index (κ2) is 3.96. The van der Waals surface area contributed by atoms with E-state index in [1.165, 1.54) is 0 Å². The largest absolute Gasteiger partial charge is 0.399 e. The highest BCUT2D eigenvalue weighted by atomic mass is 14.5. The molecule has 0 unspecified atom stereocenters. The molecule has 4 N–H and O–H groups in total. The van der Waals surface area contributed by atoms with Gasteiger partial charge in [0.2, 0.25) is 0 Å². The lowest BCUT2D eigenvalue weighted by Gasteiger charge is -2.00.